The van der Waals surface area contributed by atoms with E-state index in [1.54, 1.807) is 23.9 Å². The predicted octanol–water partition coefficient (Wildman–Crippen LogP) is 3.08. The van der Waals surface area contributed by atoms with Crippen LogP contribution in [0.5, 0.6) is 0 Å². The van der Waals surface area contributed by atoms with Gasteiger partial charge in [-0.05, 0) is 31.0 Å². The quantitative estimate of drug-likeness (QED) is 0.741. The maximum atomic E-state index is 13.5. The molecule has 0 bridgehead atoms. The average Bonchev–Trinajstić information content (AvgIpc) is 3.31. The number of sulfonamides is 1. The first-order chi connectivity index (χ1) is 12.8. The molecule has 2 aromatic heterocycles. The van der Waals surface area contributed by atoms with Crippen LogP contribution in [0, 0.1) is 5.82 Å². The Balaban J connectivity index is 1.72. The zero-order valence-corrected chi connectivity index (χ0v) is 16.3. The summed E-state index contributed by atoms with van der Waals surface area (Å²) in [7, 11) is -1.95. The Hall–Kier alpha value is -2.26. The summed E-state index contributed by atoms with van der Waals surface area (Å²) in [5, 5.41) is 0.0581. The van der Waals surface area contributed by atoms with Gasteiger partial charge in [0.15, 0.2) is 5.03 Å². The Bertz CT molecular complexity index is 1100. The number of nitrogens with zero attached hydrogens (tertiary/aromatic N) is 4. The summed E-state index contributed by atoms with van der Waals surface area (Å²) >= 11 is 0. The van der Waals surface area contributed by atoms with E-state index in [1.807, 2.05) is 13.8 Å². The molecule has 3 aromatic rings. The van der Waals surface area contributed by atoms with Crippen LogP contribution in [-0.2, 0) is 17.1 Å². The van der Waals surface area contributed by atoms with Crippen molar-refractivity contribution in [3.05, 3.63) is 41.9 Å². The van der Waals surface area contributed by atoms with Crippen molar-refractivity contribution in [2.45, 2.75) is 43.7 Å². The molecule has 1 saturated heterocycles. The van der Waals surface area contributed by atoms with E-state index in [2.05, 4.69) is 15.0 Å². The highest BCUT2D eigenvalue weighted by atomic mass is 32.2. The average molecular weight is 391 g/mol. The molecular formula is C18H22FN5O2S. The van der Waals surface area contributed by atoms with Crippen LogP contribution in [0.3, 0.4) is 0 Å². The molecule has 1 atom stereocenters. The number of H-pyrrole nitrogens is 1. The molecule has 0 amide bonds. The van der Waals surface area contributed by atoms with E-state index in [-0.39, 0.29) is 16.8 Å². The van der Waals surface area contributed by atoms with Crippen LogP contribution >= 0.6 is 0 Å². The van der Waals surface area contributed by atoms with Gasteiger partial charge in [0.25, 0.3) is 10.0 Å². The molecule has 1 N–H and O–H groups in total. The van der Waals surface area contributed by atoms with Gasteiger partial charge in [0.1, 0.15) is 17.5 Å². The third-order valence-corrected chi connectivity index (χ3v) is 6.74. The molecule has 4 rings (SSSR count). The largest absolute Gasteiger partial charge is 0.341 e. The normalized spacial score (nSPS) is 18.8. The topological polar surface area (TPSA) is 83.9 Å². The van der Waals surface area contributed by atoms with E-state index in [9.17, 15) is 12.8 Å². The van der Waals surface area contributed by atoms with Crippen LogP contribution in [0.15, 0.2) is 29.4 Å². The van der Waals surface area contributed by atoms with Crippen molar-refractivity contribution >= 4 is 21.1 Å². The zero-order chi connectivity index (χ0) is 19.3. The minimum absolute atomic E-state index is 0.0581. The van der Waals surface area contributed by atoms with Gasteiger partial charge in [-0.1, -0.05) is 13.8 Å². The predicted molar refractivity (Wildman–Crippen MR) is 99.2 cm³/mol. The molecule has 7 nitrogen and oxygen atoms in total. The number of benzene rings is 1. The van der Waals surface area contributed by atoms with Gasteiger partial charge in [-0.2, -0.15) is 4.31 Å². The van der Waals surface area contributed by atoms with Crippen LogP contribution in [0.2, 0.25) is 0 Å². The zero-order valence-electron chi connectivity index (χ0n) is 15.5. The van der Waals surface area contributed by atoms with Crippen LogP contribution in [0.1, 0.15) is 50.3 Å². The van der Waals surface area contributed by atoms with Crippen molar-refractivity contribution in [1.29, 1.82) is 0 Å². The van der Waals surface area contributed by atoms with Crippen molar-refractivity contribution in [3.63, 3.8) is 0 Å². The Kier molecular flexibility index (Phi) is 4.31. The van der Waals surface area contributed by atoms with Crippen molar-refractivity contribution in [3.8, 4) is 0 Å². The summed E-state index contributed by atoms with van der Waals surface area (Å²) in [6.45, 7) is 4.36. The lowest BCUT2D eigenvalue weighted by atomic mass is 10.2. The van der Waals surface area contributed by atoms with E-state index in [0.717, 1.165) is 12.2 Å². The standard InChI is InChI=1S/C18H22FN5O2S/c1-11(2)18-22-16(10-23(18)3)27(25,26)24-8-4-5-15(24)17-20-13-7-6-12(19)9-14(13)21-17/h6-7,9-11,15H,4-5,8H2,1-3H3,(H,20,21). The summed E-state index contributed by atoms with van der Waals surface area (Å²) in [4.78, 5) is 11.9. The second-order valence-corrected chi connectivity index (χ2v) is 9.10. The van der Waals surface area contributed by atoms with E-state index in [0.29, 0.717) is 29.8 Å². The minimum atomic E-state index is -3.75. The van der Waals surface area contributed by atoms with Gasteiger partial charge >= 0.3 is 0 Å². The van der Waals surface area contributed by atoms with Crippen molar-refractivity contribution < 1.29 is 12.8 Å². The molecule has 9 heteroatoms. The molecule has 1 unspecified atom stereocenters. The Morgan fingerprint density at radius 2 is 2.07 bits per heavy atom. The second kappa shape index (κ2) is 6.42. The number of aromatic nitrogens is 4. The van der Waals surface area contributed by atoms with Gasteiger partial charge in [0, 0.05) is 25.7 Å². The number of hydrogen-bond acceptors (Lipinski definition) is 4. The first kappa shape index (κ1) is 18.1. The molecule has 1 fully saturated rings. The van der Waals surface area contributed by atoms with Crippen molar-refractivity contribution in [2.75, 3.05) is 6.54 Å². The Morgan fingerprint density at radius 1 is 1.30 bits per heavy atom. The highest BCUT2D eigenvalue weighted by Gasteiger charge is 2.39. The third kappa shape index (κ3) is 3.04. The lowest BCUT2D eigenvalue weighted by Gasteiger charge is -2.21. The highest BCUT2D eigenvalue weighted by Crippen LogP contribution is 2.36. The molecule has 3 heterocycles. The fourth-order valence-corrected chi connectivity index (χ4v) is 5.34. The number of hydrogen-bond donors (Lipinski definition) is 1. The molecule has 27 heavy (non-hydrogen) atoms. The summed E-state index contributed by atoms with van der Waals surface area (Å²) in [5.41, 5.74) is 1.18. The van der Waals surface area contributed by atoms with E-state index in [4.69, 9.17) is 0 Å². The van der Waals surface area contributed by atoms with Crippen molar-refractivity contribution in [2.24, 2.45) is 7.05 Å². The number of fused-ring (bicyclic) bond motifs is 1. The van der Waals surface area contributed by atoms with Gasteiger partial charge < -0.3 is 9.55 Å². The summed E-state index contributed by atoms with van der Waals surface area (Å²) in [6.07, 6.45) is 2.96. The van der Waals surface area contributed by atoms with Gasteiger partial charge in [0.05, 0.1) is 17.1 Å². The maximum absolute atomic E-state index is 13.5. The SMILES string of the molecule is CC(C)c1nc(S(=O)(=O)N2CCCC2c2nc3ccc(F)cc3[nH]2)cn1C. The maximum Gasteiger partial charge on any atom is 0.262 e. The highest BCUT2D eigenvalue weighted by molar-refractivity contribution is 7.89. The number of halogens is 1. The van der Waals surface area contributed by atoms with E-state index in [1.165, 1.54) is 16.4 Å². The molecule has 1 aliphatic rings. The van der Waals surface area contributed by atoms with Crippen LogP contribution in [0.25, 0.3) is 11.0 Å². The smallest absolute Gasteiger partial charge is 0.262 e. The van der Waals surface area contributed by atoms with E-state index >= 15 is 0 Å². The van der Waals surface area contributed by atoms with E-state index < -0.39 is 16.1 Å². The fourth-order valence-electron chi connectivity index (χ4n) is 3.69. The molecule has 1 aromatic carbocycles. The Labute approximate surface area is 157 Å². The first-order valence-electron chi connectivity index (χ1n) is 8.97. The number of aromatic amines is 1. The summed E-state index contributed by atoms with van der Waals surface area (Å²) in [5.74, 6) is 1.03. The third-order valence-electron chi connectivity index (χ3n) is 4.96. The second-order valence-electron chi connectivity index (χ2n) is 7.26. The molecule has 0 saturated carbocycles. The minimum Gasteiger partial charge on any atom is -0.341 e. The number of nitrogens with one attached hydrogen (secondary N) is 1. The molecular weight excluding hydrogens is 369 g/mol. The summed E-state index contributed by atoms with van der Waals surface area (Å²) < 4.78 is 43.1. The van der Waals surface area contributed by atoms with Gasteiger partial charge in [0.2, 0.25) is 0 Å². The lowest BCUT2D eigenvalue weighted by Crippen LogP contribution is -2.31. The molecule has 0 aliphatic carbocycles. The summed E-state index contributed by atoms with van der Waals surface area (Å²) in [6, 6.07) is 3.90. The van der Waals surface area contributed by atoms with Gasteiger partial charge in [-0.3, -0.25) is 0 Å². The Morgan fingerprint density at radius 3 is 2.78 bits per heavy atom. The van der Waals surface area contributed by atoms with Crippen LogP contribution in [0.4, 0.5) is 4.39 Å². The van der Waals surface area contributed by atoms with Crippen LogP contribution < -0.4 is 0 Å². The molecule has 144 valence electrons. The lowest BCUT2D eigenvalue weighted by molar-refractivity contribution is 0.384. The number of imidazole rings is 2. The molecule has 0 spiro atoms. The molecule has 0 radical (unpaired) electrons. The van der Waals surface area contributed by atoms with Gasteiger partial charge in [-0.15, -0.1) is 0 Å². The fraction of sp³-hybridized carbons (Fsp3) is 0.444. The van der Waals surface area contributed by atoms with Crippen molar-refractivity contribution in [1.82, 2.24) is 23.8 Å². The number of aryl methyl sites for hydroxylation is 1. The number of rotatable bonds is 4. The van der Waals surface area contributed by atoms with Gasteiger partial charge in [-0.25, -0.2) is 22.8 Å². The first-order valence-corrected chi connectivity index (χ1v) is 10.4. The molecule has 1 aliphatic heterocycles. The monoisotopic (exact) mass is 391 g/mol. The van der Waals surface area contributed by atoms with Crippen LogP contribution in [-0.4, -0.2) is 38.8 Å².